The Morgan fingerprint density at radius 3 is 2.55 bits per heavy atom. The van der Waals surface area contributed by atoms with Gasteiger partial charge in [0.05, 0.1) is 11.6 Å². The lowest BCUT2D eigenvalue weighted by molar-refractivity contribution is -0.129. The third-order valence-electron chi connectivity index (χ3n) is 4.49. The van der Waals surface area contributed by atoms with Crippen LogP contribution in [0.1, 0.15) is 16.7 Å². The number of benzene rings is 3. The Morgan fingerprint density at radius 2 is 1.84 bits per heavy atom. The number of aliphatic imine (C=N–C) groups is 1. The van der Waals surface area contributed by atoms with Gasteiger partial charge in [-0.2, -0.15) is 0 Å². The van der Waals surface area contributed by atoms with Gasteiger partial charge in [0.1, 0.15) is 6.61 Å². The van der Waals surface area contributed by atoms with Crippen molar-refractivity contribution < 1.29 is 19.0 Å². The number of nitrogens with zero attached hydrogens (tertiary/aromatic N) is 1. The smallest absolute Gasteiger partial charge is 0.363 e. The topological polar surface area (TPSA) is 57.1 Å². The molecule has 0 fully saturated rings. The van der Waals surface area contributed by atoms with E-state index in [4.69, 9.17) is 14.2 Å². The lowest BCUT2D eigenvalue weighted by Gasteiger charge is -2.14. The van der Waals surface area contributed by atoms with Crippen molar-refractivity contribution in [3.63, 3.8) is 0 Å². The molecule has 0 unspecified atom stereocenters. The van der Waals surface area contributed by atoms with Crippen LogP contribution in [0.3, 0.4) is 0 Å². The molecule has 7 heteroatoms. The minimum absolute atomic E-state index is 0.223. The molecular formula is C24H17BrINO4. The van der Waals surface area contributed by atoms with E-state index >= 15 is 0 Å². The van der Waals surface area contributed by atoms with E-state index in [0.29, 0.717) is 28.5 Å². The summed E-state index contributed by atoms with van der Waals surface area (Å²) >= 11 is 5.82. The minimum atomic E-state index is -0.493. The third-order valence-corrected chi connectivity index (χ3v) is 5.80. The van der Waals surface area contributed by atoms with Crippen LogP contribution >= 0.6 is 38.5 Å². The van der Waals surface area contributed by atoms with Crippen molar-refractivity contribution in [2.75, 3.05) is 7.11 Å². The highest BCUT2D eigenvalue weighted by molar-refractivity contribution is 14.1. The number of ether oxygens (including phenoxy) is 3. The second kappa shape index (κ2) is 9.65. The van der Waals surface area contributed by atoms with Gasteiger partial charge in [-0.15, -0.1) is 0 Å². The van der Waals surface area contributed by atoms with Crippen molar-refractivity contribution in [2.24, 2.45) is 4.99 Å². The van der Waals surface area contributed by atoms with Crippen LogP contribution in [0.25, 0.3) is 6.08 Å². The summed E-state index contributed by atoms with van der Waals surface area (Å²) in [4.78, 5) is 16.6. The molecule has 1 aliphatic heterocycles. The van der Waals surface area contributed by atoms with Crippen LogP contribution in [0, 0.1) is 3.57 Å². The van der Waals surface area contributed by atoms with Crippen LogP contribution in [-0.4, -0.2) is 19.0 Å². The summed E-state index contributed by atoms with van der Waals surface area (Å²) in [5, 5.41) is 0. The molecule has 0 atom stereocenters. The van der Waals surface area contributed by atoms with Gasteiger partial charge in [-0.1, -0.05) is 30.3 Å². The van der Waals surface area contributed by atoms with Crippen molar-refractivity contribution >= 4 is 56.5 Å². The number of esters is 1. The summed E-state index contributed by atoms with van der Waals surface area (Å²) < 4.78 is 18.7. The number of cyclic esters (lactones) is 1. The molecule has 0 saturated heterocycles. The van der Waals surface area contributed by atoms with E-state index in [1.807, 2.05) is 60.7 Å². The van der Waals surface area contributed by atoms with E-state index in [9.17, 15) is 4.79 Å². The molecule has 0 N–H and O–H groups in total. The molecule has 3 aromatic rings. The summed E-state index contributed by atoms with van der Waals surface area (Å²) in [6.45, 7) is 0.406. The van der Waals surface area contributed by atoms with E-state index in [1.54, 1.807) is 19.3 Å². The Hall–Kier alpha value is -2.65. The van der Waals surface area contributed by atoms with E-state index < -0.39 is 5.97 Å². The average molecular weight is 590 g/mol. The molecule has 1 heterocycles. The highest BCUT2D eigenvalue weighted by atomic mass is 127. The molecule has 156 valence electrons. The first-order valence-electron chi connectivity index (χ1n) is 9.36. The fourth-order valence-corrected chi connectivity index (χ4v) is 3.90. The Balaban J connectivity index is 1.58. The average Bonchev–Trinajstić information content (AvgIpc) is 3.14. The van der Waals surface area contributed by atoms with Gasteiger partial charge >= 0.3 is 5.97 Å². The van der Waals surface area contributed by atoms with Crippen LogP contribution in [-0.2, 0) is 16.1 Å². The van der Waals surface area contributed by atoms with Crippen molar-refractivity contribution in [1.82, 2.24) is 0 Å². The Kier molecular flexibility index (Phi) is 6.72. The maximum Gasteiger partial charge on any atom is 0.363 e. The van der Waals surface area contributed by atoms with E-state index in [-0.39, 0.29) is 5.70 Å². The molecule has 0 amide bonds. The Bertz CT molecular complexity index is 1170. The van der Waals surface area contributed by atoms with Gasteiger partial charge in [0.15, 0.2) is 17.2 Å². The van der Waals surface area contributed by atoms with Crippen LogP contribution in [0.4, 0.5) is 0 Å². The SMILES string of the molecule is COc1cc(/C=C2\N=C(c3ccccc3)OC2=O)cc(Br)c1OCc1ccc(I)cc1. The molecule has 31 heavy (non-hydrogen) atoms. The Labute approximate surface area is 202 Å². The minimum Gasteiger partial charge on any atom is -0.493 e. The number of halogens is 2. The highest BCUT2D eigenvalue weighted by Gasteiger charge is 2.24. The van der Waals surface area contributed by atoms with Crippen molar-refractivity contribution in [1.29, 1.82) is 0 Å². The van der Waals surface area contributed by atoms with Crippen molar-refractivity contribution in [3.05, 3.63) is 97.2 Å². The number of hydrogen-bond donors (Lipinski definition) is 0. The van der Waals surface area contributed by atoms with Crippen LogP contribution < -0.4 is 9.47 Å². The predicted molar refractivity (Wildman–Crippen MR) is 131 cm³/mol. The molecule has 3 aromatic carbocycles. The first kappa shape index (κ1) is 21.6. The fourth-order valence-electron chi connectivity index (χ4n) is 2.97. The number of carbonyl (C=O) groups is 1. The normalized spacial score (nSPS) is 14.4. The molecule has 1 aliphatic rings. The quantitative estimate of drug-likeness (QED) is 0.201. The fraction of sp³-hybridized carbons (Fsp3) is 0.0833. The maximum absolute atomic E-state index is 12.3. The first-order chi connectivity index (χ1) is 15.0. The summed E-state index contributed by atoms with van der Waals surface area (Å²) in [6, 6.07) is 21.1. The molecule has 0 aliphatic carbocycles. The summed E-state index contributed by atoms with van der Waals surface area (Å²) in [7, 11) is 1.58. The first-order valence-corrected chi connectivity index (χ1v) is 11.2. The van der Waals surface area contributed by atoms with Crippen LogP contribution in [0.15, 0.2) is 81.9 Å². The molecule has 0 aromatic heterocycles. The number of carbonyl (C=O) groups excluding carboxylic acids is 1. The third kappa shape index (κ3) is 5.16. The van der Waals surface area contributed by atoms with Gasteiger partial charge < -0.3 is 14.2 Å². The Morgan fingerprint density at radius 1 is 1.10 bits per heavy atom. The zero-order valence-corrected chi connectivity index (χ0v) is 20.2. The lowest BCUT2D eigenvalue weighted by atomic mass is 10.1. The molecule has 0 spiro atoms. The largest absolute Gasteiger partial charge is 0.493 e. The van der Waals surface area contributed by atoms with Crippen LogP contribution in [0.5, 0.6) is 11.5 Å². The molecule has 0 radical (unpaired) electrons. The molecule has 5 nitrogen and oxygen atoms in total. The van der Waals surface area contributed by atoms with E-state index in [2.05, 4.69) is 43.5 Å². The lowest BCUT2D eigenvalue weighted by Crippen LogP contribution is -2.05. The highest BCUT2D eigenvalue weighted by Crippen LogP contribution is 2.38. The second-order valence-corrected chi connectivity index (χ2v) is 8.75. The maximum atomic E-state index is 12.3. The molecule has 0 bridgehead atoms. The number of methoxy groups -OCH3 is 1. The summed E-state index contributed by atoms with van der Waals surface area (Å²) in [5.41, 5.74) is 2.75. The van der Waals surface area contributed by atoms with Gasteiger partial charge in [0.25, 0.3) is 0 Å². The van der Waals surface area contributed by atoms with Gasteiger partial charge in [0, 0.05) is 9.13 Å². The molecular weight excluding hydrogens is 573 g/mol. The van der Waals surface area contributed by atoms with Gasteiger partial charge in [0.2, 0.25) is 5.90 Å². The molecule has 4 rings (SSSR count). The summed E-state index contributed by atoms with van der Waals surface area (Å²) in [6.07, 6.45) is 1.66. The predicted octanol–water partition coefficient (Wildman–Crippen LogP) is 5.99. The van der Waals surface area contributed by atoms with Crippen molar-refractivity contribution in [2.45, 2.75) is 6.61 Å². The second-order valence-electron chi connectivity index (χ2n) is 6.65. The number of rotatable bonds is 6. The van der Waals surface area contributed by atoms with E-state index in [0.717, 1.165) is 16.7 Å². The van der Waals surface area contributed by atoms with Crippen LogP contribution in [0.2, 0.25) is 0 Å². The zero-order valence-electron chi connectivity index (χ0n) is 16.5. The van der Waals surface area contributed by atoms with E-state index in [1.165, 1.54) is 3.57 Å². The number of hydrogen-bond acceptors (Lipinski definition) is 5. The zero-order chi connectivity index (χ0) is 21.8. The van der Waals surface area contributed by atoms with Crippen molar-refractivity contribution in [3.8, 4) is 11.5 Å². The van der Waals surface area contributed by atoms with Gasteiger partial charge in [-0.25, -0.2) is 9.79 Å². The monoisotopic (exact) mass is 589 g/mol. The van der Waals surface area contributed by atoms with Gasteiger partial charge in [-0.05, 0) is 92.1 Å². The molecule has 0 saturated carbocycles. The standard InChI is InChI=1S/C24H17BrINO4/c1-29-21-13-16(11-19(25)22(21)30-14-15-7-9-18(26)10-8-15)12-20-24(28)31-23(27-20)17-5-3-2-4-6-17/h2-13H,14H2,1H3/b20-12-. The summed E-state index contributed by atoms with van der Waals surface area (Å²) in [5.74, 6) is 0.935. The van der Waals surface area contributed by atoms with Gasteiger partial charge in [-0.3, -0.25) is 0 Å².